The molecule has 4 rings (SSSR count). The van der Waals surface area contributed by atoms with Crippen LogP contribution < -0.4 is 0 Å². The lowest BCUT2D eigenvalue weighted by molar-refractivity contribution is -0.167. The fourth-order valence-corrected chi connectivity index (χ4v) is 3.78. The maximum absolute atomic E-state index is 12.8. The summed E-state index contributed by atoms with van der Waals surface area (Å²) in [5, 5.41) is 7.17. The molecule has 1 aromatic carbocycles. The van der Waals surface area contributed by atoms with E-state index in [0.29, 0.717) is 25.3 Å². The number of hydrogen-bond donors (Lipinski definition) is 1. The Balaban J connectivity index is 1.41. The van der Waals surface area contributed by atoms with E-state index in [1.165, 1.54) is 5.56 Å². The van der Waals surface area contributed by atoms with Crippen molar-refractivity contribution in [3.05, 3.63) is 41.6 Å². The Morgan fingerprint density at radius 2 is 1.93 bits per heavy atom. The van der Waals surface area contributed by atoms with Gasteiger partial charge in [0.2, 0.25) is 5.91 Å². The molecule has 0 atom stereocenters. The number of hydrogen-bond acceptors (Lipinski definition) is 4. The molecule has 2 aliphatic heterocycles. The lowest BCUT2D eigenvalue weighted by atomic mass is 9.89. The van der Waals surface area contributed by atoms with E-state index in [-0.39, 0.29) is 24.0 Å². The van der Waals surface area contributed by atoms with Crippen molar-refractivity contribution in [2.24, 2.45) is 0 Å². The second kappa shape index (κ2) is 6.81. The second-order valence-corrected chi connectivity index (χ2v) is 7.55. The van der Waals surface area contributed by atoms with Crippen LogP contribution in [0.4, 0.5) is 0 Å². The van der Waals surface area contributed by atoms with E-state index in [0.717, 1.165) is 24.1 Å². The van der Waals surface area contributed by atoms with Crippen LogP contribution in [0, 0.1) is 6.92 Å². The van der Waals surface area contributed by atoms with Crippen molar-refractivity contribution in [2.75, 3.05) is 33.3 Å². The first-order chi connectivity index (χ1) is 13.0. The van der Waals surface area contributed by atoms with Gasteiger partial charge < -0.3 is 14.5 Å². The van der Waals surface area contributed by atoms with Gasteiger partial charge in [-0.3, -0.25) is 14.7 Å². The zero-order valence-corrected chi connectivity index (χ0v) is 15.7. The molecule has 2 saturated heterocycles. The molecule has 0 unspecified atom stereocenters. The number of likely N-dealkylation sites (N-methyl/N-ethyl adjacent to an activating group) is 1. The summed E-state index contributed by atoms with van der Waals surface area (Å²) in [7, 11) is 1.81. The van der Waals surface area contributed by atoms with E-state index in [1.807, 2.05) is 36.1 Å². The van der Waals surface area contributed by atoms with E-state index in [4.69, 9.17) is 4.74 Å². The minimum absolute atomic E-state index is 0.0141. The van der Waals surface area contributed by atoms with Crippen LogP contribution in [0.15, 0.2) is 30.3 Å². The molecule has 142 valence electrons. The van der Waals surface area contributed by atoms with Crippen molar-refractivity contribution in [3.8, 4) is 11.3 Å². The number of likely N-dealkylation sites (tertiary alicyclic amines) is 1. The Bertz CT molecular complexity index is 850. The summed E-state index contributed by atoms with van der Waals surface area (Å²) in [4.78, 5) is 28.0. The van der Waals surface area contributed by atoms with Crippen LogP contribution in [0.2, 0.25) is 0 Å². The molecule has 0 radical (unpaired) electrons. The van der Waals surface area contributed by atoms with Crippen LogP contribution in [0.1, 0.15) is 28.9 Å². The van der Waals surface area contributed by atoms with Gasteiger partial charge in [0.15, 0.2) is 0 Å². The Morgan fingerprint density at radius 1 is 1.22 bits per heavy atom. The van der Waals surface area contributed by atoms with E-state index in [2.05, 4.69) is 10.2 Å². The number of amides is 2. The van der Waals surface area contributed by atoms with Crippen LogP contribution in [-0.2, 0) is 9.53 Å². The zero-order chi connectivity index (χ0) is 19.0. The molecule has 3 heterocycles. The number of morpholine rings is 1. The quantitative estimate of drug-likeness (QED) is 0.877. The largest absolute Gasteiger partial charge is 0.363 e. The van der Waals surface area contributed by atoms with Crippen LogP contribution in [0.25, 0.3) is 11.3 Å². The minimum atomic E-state index is -0.319. The third-order valence-electron chi connectivity index (χ3n) is 5.57. The zero-order valence-electron chi connectivity index (χ0n) is 15.7. The van der Waals surface area contributed by atoms with E-state index < -0.39 is 0 Å². The van der Waals surface area contributed by atoms with Crippen molar-refractivity contribution >= 4 is 11.8 Å². The maximum atomic E-state index is 12.8. The van der Waals surface area contributed by atoms with Gasteiger partial charge in [0.1, 0.15) is 12.3 Å². The Morgan fingerprint density at radius 3 is 2.59 bits per heavy atom. The molecule has 0 bridgehead atoms. The van der Waals surface area contributed by atoms with Gasteiger partial charge in [0, 0.05) is 32.2 Å². The predicted molar refractivity (Wildman–Crippen MR) is 100 cm³/mol. The molecule has 27 heavy (non-hydrogen) atoms. The van der Waals surface area contributed by atoms with Crippen LogP contribution in [0.5, 0.6) is 0 Å². The number of nitrogens with zero attached hydrogens (tertiary/aromatic N) is 3. The molecule has 2 aliphatic rings. The SMILES string of the molecule is Cc1ccc(-c2cc(C(=O)N3CCC4(CC3)CN(C)C(=O)CO4)[nH]n2)cc1. The first-order valence-corrected chi connectivity index (χ1v) is 9.25. The number of H-pyrrole nitrogens is 1. The third-order valence-corrected chi connectivity index (χ3v) is 5.57. The first-order valence-electron chi connectivity index (χ1n) is 9.25. The molecular weight excluding hydrogens is 344 g/mol. The second-order valence-electron chi connectivity index (χ2n) is 7.55. The predicted octanol–water partition coefficient (Wildman–Crippen LogP) is 1.85. The highest BCUT2D eigenvalue weighted by Crippen LogP contribution is 2.30. The van der Waals surface area contributed by atoms with Crippen LogP contribution in [-0.4, -0.2) is 70.7 Å². The van der Waals surface area contributed by atoms with E-state index in [9.17, 15) is 9.59 Å². The van der Waals surface area contributed by atoms with Gasteiger partial charge in [0.25, 0.3) is 5.91 Å². The summed E-state index contributed by atoms with van der Waals surface area (Å²) < 4.78 is 5.85. The maximum Gasteiger partial charge on any atom is 0.271 e. The summed E-state index contributed by atoms with van der Waals surface area (Å²) >= 11 is 0. The molecule has 7 heteroatoms. The van der Waals surface area contributed by atoms with Crippen LogP contribution in [0.3, 0.4) is 0 Å². The average Bonchev–Trinajstić information content (AvgIpc) is 3.16. The van der Waals surface area contributed by atoms with Gasteiger partial charge in [0.05, 0.1) is 11.3 Å². The first kappa shape index (κ1) is 17.7. The Labute approximate surface area is 158 Å². The highest BCUT2D eigenvalue weighted by Gasteiger charge is 2.42. The van der Waals surface area contributed by atoms with Crippen molar-refractivity contribution in [1.82, 2.24) is 20.0 Å². The van der Waals surface area contributed by atoms with Gasteiger partial charge in [-0.25, -0.2) is 0 Å². The minimum Gasteiger partial charge on any atom is -0.363 e. The number of rotatable bonds is 2. The van der Waals surface area contributed by atoms with E-state index in [1.54, 1.807) is 18.0 Å². The Kier molecular flexibility index (Phi) is 4.47. The van der Waals surface area contributed by atoms with Gasteiger partial charge in [-0.1, -0.05) is 29.8 Å². The fraction of sp³-hybridized carbons (Fsp3) is 0.450. The van der Waals surface area contributed by atoms with Crippen molar-refractivity contribution in [2.45, 2.75) is 25.4 Å². The molecule has 2 aromatic rings. The smallest absolute Gasteiger partial charge is 0.271 e. The van der Waals surface area contributed by atoms with Gasteiger partial charge >= 0.3 is 0 Å². The Hall–Kier alpha value is -2.67. The monoisotopic (exact) mass is 368 g/mol. The topological polar surface area (TPSA) is 78.5 Å². The molecule has 0 saturated carbocycles. The summed E-state index contributed by atoms with van der Waals surface area (Å²) in [6, 6.07) is 9.87. The van der Waals surface area contributed by atoms with Crippen molar-refractivity contribution in [1.29, 1.82) is 0 Å². The van der Waals surface area contributed by atoms with Crippen molar-refractivity contribution in [3.63, 3.8) is 0 Å². The molecule has 2 amide bonds. The van der Waals surface area contributed by atoms with Gasteiger partial charge in [-0.15, -0.1) is 0 Å². The summed E-state index contributed by atoms with van der Waals surface area (Å²) in [6.07, 6.45) is 1.46. The number of aromatic nitrogens is 2. The number of carbonyl (C=O) groups is 2. The van der Waals surface area contributed by atoms with Crippen LogP contribution >= 0.6 is 0 Å². The molecule has 1 N–H and O–H groups in total. The molecule has 2 fully saturated rings. The summed E-state index contributed by atoms with van der Waals surface area (Å²) in [5.41, 5.74) is 3.11. The molecule has 1 aromatic heterocycles. The van der Waals surface area contributed by atoms with E-state index >= 15 is 0 Å². The number of piperidine rings is 1. The number of aromatic amines is 1. The normalized spacial score (nSPS) is 19.6. The third kappa shape index (κ3) is 3.47. The van der Waals surface area contributed by atoms with Crippen molar-refractivity contribution < 1.29 is 14.3 Å². The lowest BCUT2D eigenvalue weighted by Crippen LogP contribution is -2.58. The van der Waals surface area contributed by atoms with Gasteiger partial charge in [-0.05, 0) is 25.8 Å². The molecule has 7 nitrogen and oxygen atoms in total. The summed E-state index contributed by atoms with van der Waals surface area (Å²) in [5.74, 6) is -0.0313. The number of ether oxygens (including phenoxy) is 1. The highest BCUT2D eigenvalue weighted by atomic mass is 16.5. The number of nitrogens with one attached hydrogen (secondary N) is 1. The van der Waals surface area contributed by atoms with Gasteiger partial charge in [-0.2, -0.15) is 5.10 Å². The highest BCUT2D eigenvalue weighted by molar-refractivity contribution is 5.93. The average molecular weight is 368 g/mol. The number of carbonyl (C=O) groups excluding carboxylic acids is 2. The number of benzene rings is 1. The lowest BCUT2D eigenvalue weighted by Gasteiger charge is -2.46. The molecule has 1 spiro atoms. The standard InChI is InChI=1S/C20H24N4O3/c1-14-3-5-15(6-4-14)16-11-17(22-21-16)19(26)24-9-7-20(8-10-24)13-23(2)18(25)12-27-20/h3-6,11H,7-10,12-13H2,1-2H3,(H,21,22). The molecular formula is C20H24N4O3. The molecule has 0 aliphatic carbocycles. The number of aryl methyl sites for hydroxylation is 1. The fourth-order valence-electron chi connectivity index (χ4n) is 3.78. The summed E-state index contributed by atoms with van der Waals surface area (Å²) in [6.45, 7) is 3.98.